The van der Waals surface area contributed by atoms with Crippen LogP contribution in [-0.2, 0) is 0 Å². The lowest BCUT2D eigenvalue weighted by atomic mass is 9.83. The second-order valence-corrected chi connectivity index (χ2v) is 7.75. The van der Waals surface area contributed by atoms with Crippen LogP contribution in [0.2, 0.25) is 0 Å². The molecule has 1 amide bonds. The molecule has 0 radical (unpaired) electrons. The van der Waals surface area contributed by atoms with E-state index < -0.39 is 0 Å². The zero-order valence-corrected chi connectivity index (χ0v) is 15.6. The van der Waals surface area contributed by atoms with Crippen molar-refractivity contribution in [3.05, 3.63) is 35.7 Å². The number of hydrogen-bond acceptors (Lipinski definition) is 4. The van der Waals surface area contributed by atoms with Gasteiger partial charge in [0.25, 0.3) is 11.8 Å². The molecular formula is C21H27N3O2. The first-order chi connectivity index (χ1) is 12.7. The Kier molecular flexibility index (Phi) is 4.79. The van der Waals surface area contributed by atoms with Gasteiger partial charge in [-0.05, 0) is 75.6 Å². The highest BCUT2D eigenvalue weighted by Crippen LogP contribution is 2.37. The summed E-state index contributed by atoms with van der Waals surface area (Å²) in [7, 11) is 0. The van der Waals surface area contributed by atoms with Gasteiger partial charge in [-0.3, -0.25) is 4.79 Å². The van der Waals surface area contributed by atoms with Crippen LogP contribution in [0.15, 0.2) is 28.8 Å². The van der Waals surface area contributed by atoms with E-state index in [0.29, 0.717) is 23.8 Å². The molecule has 0 aliphatic heterocycles. The molecule has 0 bridgehead atoms. The minimum Gasteiger partial charge on any atom is -0.334 e. The van der Waals surface area contributed by atoms with Gasteiger partial charge in [0.15, 0.2) is 5.82 Å². The van der Waals surface area contributed by atoms with Gasteiger partial charge in [0, 0.05) is 23.2 Å². The van der Waals surface area contributed by atoms with Crippen molar-refractivity contribution in [2.45, 2.75) is 70.9 Å². The van der Waals surface area contributed by atoms with Crippen LogP contribution in [0.25, 0.3) is 11.5 Å². The number of carbonyl (C=O) groups excluding carboxylic acids is 1. The Bertz CT molecular complexity index is 756. The molecule has 2 fully saturated rings. The fourth-order valence-electron chi connectivity index (χ4n) is 4.13. The standard InChI is InChI=1S/C21H27N3O2/c1-3-15-4-10-18(11-5-15)24(19-12-13-19)21(25)17-8-6-16(7-9-17)20-22-14(2)23-26-20/h6-9,15,18-19H,3-5,10-13H2,1-2H3. The van der Waals surface area contributed by atoms with Crippen LogP contribution in [-0.4, -0.2) is 33.0 Å². The second kappa shape index (κ2) is 7.22. The lowest BCUT2D eigenvalue weighted by Gasteiger charge is -2.37. The fourth-order valence-corrected chi connectivity index (χ4v) is 4.13. The van der Waals surface area contributed by atoms with Crippen LogP contribution in [0.1, 0.15) is 68.1 Å². The Morgan fingerprint density at radius 2 is 1.69 bits per heavy atom. The number of benzene rings is 1. The van der Waals surface area contributed by atoms with Crippen LogP contribution in [0.5, 0.6) is 0 Å². The SMILES string of the molecule is CCC1CCC(N(C(=O)c2ccc(-c3nc(C)no3)cc2)C2CC2)CC1. The van der Waals surface area contributed by atoms with Crippen molar-refractivity contribution >= 4 is 5.91 Å². The second-order valence-electron chi connectivity index (χ2n) is 7.75. The van der Waals surface area contributed by atoms with Crippen LogP contribution >= 0.6 is 0 Å². The molecule has 1 aromatic carbocycles. The lowest BCUT2D eigenvalue weighted by molar-refractivity contribution is 0.0587. The molecule has 138 valence electrons. The van der Waals surface area contributed by atoms with E-state index in [0.717, 1.165) is 42.7 Å². The number of aryl methyl sites for hydroxylation is 1. The van der Waals surface area contributed by atoms with Crippen molar-refractivity contribution < 1.29 is 9.32 Å². The number of hydrogen-bond donors (Lipinski definition) is 0. The van der Waals surface area contributed by atoms with Crippen LogP contribution in [0.4, 0.5) is 0 Å². The molecule has 5 heteroatoms. The van der Waals surface area contributed by atoms with Crippen molar-refractivity contribution in [3.63, 3.8) is 0 Å². The predicted octanol–water partition coefficient (Wildman–Crippen LogP) is 4.62. The maximum atomic E-state index is 13.2. The quantitative estimate of drug-likeness (QED) is 0.787. The molecule has 4 rings (SSSR count). The van der Waals surface area contributed by atoms with Crippen molar-refractivity contribution in [3.8, 4) is 11.5 Å². The maximum absolute atomic E-state index is 13.2. The van der Waals surface area contributed by atoms with Gasteiger partial charge in [-0.2, -0.15) is 4.98 Å². The Labute approximate surface area is 154 Å². The molecule has 0 atom stereocenters. The van der Waals surface area contributed by atoms with Crippen LogP contribution < -0.4 is 0 Å². The number of nitrogens with zero attached hydrogens (tertiary/aromatic N) is 3. The largest absolute Gasteiger partial charge is 0.334 e. The topological polar surface area (TPSA) is 59.2 Å². The Balaban J connectivity index is 1.49. The van der Waals surface area contributed by atoms with Gasteiger partial charge in [-0.1, -0.05) is 18.5 Å². The van der Waals surface area contributed by atoms with Gasteiger partial charge >= 0.3 is 0 Å². The van der Waals surface area contributed by atoms with Crippen molar-refractivity contribution in [2.24, 2.45) is 5.92 Å². The van der Waals surface area contributed by atoms with E-state index in [1.165, 1.54) is 19.3 Å². The highest BCUT2D eigenvalue weighted by Gasteiger charge is 2.38. The molecule has 2 saturated carbocycles. The highest BCUT2D eigenvalue weighted by atomic mass is 16.5. The summed E-state index contributed by atoms with van der Waals surface area (Å²) < 4.78 is 5.21. The van der Waals surface area contributed by atoms with Crippen LogP contribution in [0, 0.1) is 12.8 Å². The average Bonchev–Trinajstić information content (AvgIpc) is 3.42. The summed E-state index contributed by atoms with van der Waals surface area (Å²) in [6.45, 7) is 4.08. The van der Waals surface area contributed by atoms with Crippen molar-refractivity contribution in [1.29, 1.82) is 0 Å². The summed E-state index contributed by atoms with van der Waals surface area (Å²) in [4.78, 5) is 19.6. The molecule has 0 spiro atoms. The molecule has 5 nitrogen and oxygen atoms in total. The van der Waals surface area contributed by atoms with Crippen molar-refractivity contribution in [1.82, 2.24) is 15.0 Å². The number of carbonyl (C=O) groups is 1. The van der Waals surface area contributed by atoms with Crippen molar-refractivity contribution in [2.75, 3.05) is 0 Å². The summed E-state index contributed by atoms with van der Waals surface area (Å²) in [5, 5.41) is 3.82. The molecule has 1 aromatic heterocycles. The van der Waals surface area contributed by atoms with Gasteiger partial charge in [0.1, 0.15) is 0 Å². The Morgan fingerprint density at radius 1 is 1.08 bits per heavy atom. The van der Waals surface area contributed by atoms with E-state index in [4.69, 9.17) is 4.52 Å². The molecule has 1 heterocycles. The molecule has 2 aliphatic carbocycles. The summed E-state index contributed by atoms with van der Waals surface area (Å²) in [6, 6.07) is 8.45. The fraction of sp³-hybridized carbons (Fsp3) is 0.571. The Morgan fingerprint density at radius 3 is 2.19 bits per heavy atom. The summed E-state index contributed by atoms with van der Waals surface area (Å²) in [6.07, 6.45) is 8.39. The zero-order chi connectivity index (χ0) is 18.1. The zero-order valence-electron chi connectivity index (χ0n) is 15.6. The van der Waals surface area contributed by atoms with Gasteiger partial charge in [-0.15, -0.1) is 0 Å². The summed E-state index contributed by atoms with van der Waals surface area (Å²) in [5.74, 6) is 2.14. The third-order valence-corrected chi connectivity index (χ3v) is 5.87. The lowest BCUT2D eigenvalue weighted by Crippen LogP contribution is -2.43. The normalized spacial score (nSPS) is 23.0. The predicted molar refractivity (Wildman–Crippen MR) is 99.7 cm³/mol. The first-order valence-corrected chi connectivity index (χ1v) is 9.89. The minimum absolute atomic E-state index is 0.181. The van der Waals surface area contributed by atoms with Gasteiger partial charge in [0.05, 0.1) is 0 Å². The molecule has 2 aliphatic rings. The van der Waals surface area contributed by atoms with E-state index in [1.54, 1.807) is 6.92 Å². The average molecular weight is 353 g/mol. The van der Waals surface area contributed by atoms with E-state index in [2.05, 4.69) is 22.0 Å². The number of amides is 1. The van der Waals surface area contributed by atoms with E-state index in [-0.39, 0.29) is 5.91 Å². The highest BCUT2D eigenvalue weighted by molar-refractivity contribution is 5.95. The van der Waals surface area contributed by atoms with Crippen LogP contribution in [0.3, 0.4) is 0 Å². The monoisotopic (exact) mass is 353 g/mol. The molecule has 0 unspecified atom stereocenters. The molecule has 26 heavy (non-hydrogen) atoms. The summed E-state index contributed by atoms with van der Waals surface area (Å²) >= 11 is 0. The van der Waals surface area contributed by atoms with E-state index in [9.17, 15) is 4.79 Å². The maximum Gasteiger partial charge on any atom is 0.257 e. The van der Waals surface area contributed by atoms with Gasteiger partial charge in [0.2, 0.25) is 0 Å². The van der Waals surface area contributed by atoms with E-state index >= 15 is 0 Å². The molecule has 2 aromatic rings. The third-order valence-electron chi connectivity index (χ3n) is 5.87. The minimum atomic E-state index is 0.181. The van der Waals surface area contributed by atoms with Gasteiger partial charge < -0.3 is 9.42 Å². The number of rotatable bonds is 5. The van der Waals surface area contributed by atoms with Gasteiger partial charge in [-0.25, -0.2) is 0 Å². The molecule has 0 N–H and O–H groups in total. The summed E-state index contributed by atoms with van der Waals surface area (Å²) in [5.41, 5.74) is 1.61. The number of aromatic nitrogens is 2. The Hall–Kier alpha value is -2.17. The molecule has 0 saturated heterocycles. The first kappa shape index (κ1) is 17.3. The van der Waals surface area contributed by atoms with E-state index in [1.807, 2.05) is 24.3 Å². The molecular weight excluding hydrogens is 326 g/mol. The smallest absolute Gasteiger partial charge is 0.257 e. The first-order valence-electron chi connectivity index (χ1n) is 9.89. The third kappa shape index (κ3) is 3.53.